The monoisotopic (exact) mass is 453 g/mol. The van der Waals surface area contributed by atoms with Crippen molar-refractivity contribution in [3.05, 3.63) is 48.2 Å². The molecule has 0 radical (unpaired) electrons. The number of hydrogen-bond acceptors (Lipinski definition) is 8. The van der Waals surface area contributed by atoms with Gasteiger partial charge < -0.3 is 10.1 Å². The van der Waals surface area contributed by atoms with Crippen molar-refractivity contribution < 1.29 is 9.53 Å². The minimum absolute atomic E-state index is 0.244. The van der Waals surface area contributed by atoms with E-state index in [2.05, 4.69) is 32.0 Å². The second-order valence-corrected chi connectivity index (χ2v) is 8.82. The molecule has 1 amide bonds. The summed E-state index contributed by atoms with van der Waals surface area (Å²) in [4.78, 5) is 26.2. The van der Waals surface area contributed by atoms with Gasteiger partial charge in [-0.1, -0.05) is 26.2 Å². The van der Waals surface area contributed by atoms with Gasteiger partial charge in [-0.15, -0.1) is 0 Å². The molecule has 0 aromatic carbocycles. The third-order valence-corrected chi connectivity index (χ3v) is 6.30. The number of rotatable bonds is 7. The van der Waals surface area contributed by atoms with Crippen LogP contribution < -0.4 is 14.8 Å². The Morgan fingerprint density at radius 3 is 2.75 bits per heavy atom. The van der Waals surface area contributed by atoms with Crippen LogP contribution in [0.25, 0.3) is 0 Å². The molecule has 1 aliphatic rings. The summed E-state index contributed by atoms with van der Waals surface area (Å²) in [6, 6.07) is 5.25. The highest BCUT2D eigenvalue weighted by Gasteiger charge is 2.25. The number of carbonyl (C=O) groups is 1. The summed E-state index contributed by atoms with van der Waals surface area (Å²) in [5, 5.41) is 6.74. The first kappa shape index (κ1) is 22.1. The van der Waals surface area contributed by atoms with Crippen LogP contribution in [0.1, 0.15) is 54.7 Å². The summed E-state index contributed by atoms with van der Waals surface area (Å²) in [5.74, 6) is 2.11. The maximum atomic E-state index is 11.7. The molecule has 168 valence electrons. The first-order valence-corrected chi connectivity index (χ1v) is 11.5. The molecule has 1 aliphatic carbocycles. The largest absolute Gasteiger partial charge is 0.437 e. The SMILES string of the molecule is CNC(=O)c1ccc(Oc2cc(C3CCCCC3C)nc(NSc3cnn(C)c3)n2)cn1. The Morgan fingerprint density at radius 2 is 2.06 bits per heavy atom. The fourth-order valence-corrected chi connectivity index (χ4v) is 4.47. The van der Waals surface area contributed by atoms with Gasteiger partial charge in [0.25, 0.3) is 5.91 Å². The summed E-state index contributed by atoms with van der Waals surface area (Å²) >= 11 is 1.40. The molecule has 2 atom stereocenters. The Morgan fingerprint density at radius 1 is 1.22 bits per heavy atom. The molecule has 0 aliphatic heterocycles. The van der Waals surface area contributed by atoms with E-state index in [0.29, 0.717) is 35.1 Å². The van der Waals surface area contributed by atoms with Gasteiger partial charge in [0.1, 0.15) is 11.4 Å². The lowest BCUT2D eigenvalue weighted by Crippen LogP contribution is -2.18. The number of aryl methyl sites for hydroxylation is 1. The fraction of sp³-hybridized carbons (Fsp3) is 0.409. The van der Waals surface area contributed by atoms with E-state index in [1.807, 2.05) is 19.3 Å². The molecule has 2 unspecified atom stereocenters. The maximum Gasteiger partial charge on any atom is 0.269 e. The molecule has 0 bridgehead atoms. The van der Waals surface area contributed by atoms with Gasteiger partial charge in [-0.05, 0) is 36.4 Å². The lowest BCUT2D eigenvalue weighted by molar-refractivity contribution is 0.0958. The van der Waals surface area contributed by atoms with Gasteiger partial charge in [0.15, 0.2) is 0 Å². The molecule has 3 heterocycles. The standard InChI is InChI=1S/C22H27N7O2S/c1-14-6-4-5-7-17(14)19-10-20(31-15-8-9-18(24-11-15)21(30)23-2)27-22(26-19)28-32-16-12-25-29(3)13-16/h8-14,17H,4-7H2,1-3H3,(H,23,30)(H,26,27,28). The first-order chi connectivity index (χ1) is 15.5. The molecular weight excluding hydrogens is 426 g/mol. The summed E-state index contributed by atoms with van der Waals surface area (Å²) in [6.45, 7) is 2.28. The van der Waals surface area contributed by atoms with Crippen molar-refractivity contribution in [3.8, 4) is 11.6 Å². The van der Waals surface area contributed by atoms with Gasteiger partial charge in [-0.2, -0.15) is 10.1 Å². The predicted octanol–water partition coefficient (Wildman–Crippen LogP) is 4.17. The summed E-state index contributed by atoms with van der Waals surface area (Å²) in [6.07, 6.45) is 9.99. The van der Waals surface area contributed by atoms with Crippen LogP contribution in [0.15, 0.2) is 41.7 Å². The van der Waals surface area contributed by atoms with E-state index in [9.17, 15) is 4.79 Å². The Labute approximate surface area is 191 Å². The van der Waals surface area contributed by atoms with E-state index in [1.165, 1.54) is 37.4 Å². The predicted molar refractivity (Wildman–Crippen MR) is 123 cm³/mol. The van der Waals surface area contributed by atoms with E-state index in [0.717, 1.165) is 17.0 Å². The molecule has 1 fully saturated rings. The van der Waals surface area contributed by atoms with Gasteiger partial charge in [-0.25, -0.2) is 9.97 Å². The van der Waals surface area contributed by atoms with Crippen LogP contribution >= 0.6 is 11.9 Å². The highest BCUT2D eigenvalue weighted by atomic mass is 32.2. The zero-order valence-electron chi connectivity index (χ0n) is 18.4. The quantitative estimate of drug-likeness (QED) is 0.513. The van der Waals surface area contributed by atoms with Crippen molar-refractivity contribution >= 4 is 23.8 Å². The third kappa shape index (κ3) is 5.37. The van der Waals surface area contributed by atoms with E-state index >= 15 is 0 Å². The Bertz CT molecular complexity index is 1070. The van der Waals surface area contributed by atoms with Crippen LogP contribution in [0.5, 0.6) is 11.6 Å². The molecule has 3 aromatic rings. The number of anilines is 1. The van der Waals surface area contributed by atoms with Gasteiger partial charge >= 0.3 is 0 Å². The number of amides is 1. The van der Waals surface area contributed by atoms with Crippen LogP contribution in [0.2, 0.25) is 0 Å². The number of ether oxygens (including phenoxy) is 1. The van der Waals surface area contributed by atoms with Crippen molar-refractivity contribution in [1.82, 2.24) is 30.0 Å². The molecular formula is C22H27N7O2S. The van der Waals surface area contributed by atoms with Gasteiger partial charge in [0.2, 0.25) is 11.8 Å². The normalized spacial score (nSPS) is 18.2. The zero-order chi connectivity index (χ0) is 22.5. The van der Waals surface area contributed by atoms with Crippen molar-refractivity contribution in [2.24, 2.45) is 13.0 Å². The molecule has 0 saturated heterocycles. The average Bonchev–Trinajstić information content (AvgIpc) is 3.23. The summed E-state index contributed by atoms with van der Waals surface area (Å²) in [5.41, 5.74) is 1.31. The lowest BCUT2D eigenvalue weighted by atomic mass is 9.78. The number of nitrogens with zero attached hydrogens (tertiary/aromatic N) is 5. The van der Waals surface area contributed by atoms with E-state index in [1.54, 1.807) is 30.1 Å². The minimum atomic E-state index is -0.244. The van der Waals surface area contributed by atoms with Crippen molar-refractivity contribution in [1.29, 1.82) is 0 Å². The van der Waals surface area contributed by atoms with Crippen LogP contribution in [0.4, 0.5) is 5.95 Å². The van der Waals surface area contributed by atoms with E-state index in [-0.39, 0.29) is 5.91 Å². The Balaban J connectivity index is 1.57. The smallest absolute Gasteiger partial charge is 0.269 e. The highest BCUT2D eigenvalue weighted by molar-refractivity contribution is 8.00. The number of hydrogen-bond donors (Lipinski definition) is 2. The van der Waals surface area contributed by atoms with E-state index < -0.39 is 0 Å². The molecule has 2 N–H and O–H groups in total. The fourth-order valence-electron chi connectivity index (χ4n) is 3.87. The molecule has 3 aromatic heterocycles. The molecule has 0 spiro atoms. The van der Waals surface area contributed by atoms with Crippen LogP contribution in [-0.2, 0) is 7.05 Å². The molecule has 4 rings (SSSR count). The Hall–Kier alpha value is -3.14. The highest BCUT2D eigenvalue weighted by Crippen LogP contribution is 2.38. The van der Waals surface area contributed by atoms with Crippen LogP contribution in [0, 0.1) is 5.92 Å². The van der Waals surface area contributed by atoms with Crippen molar-refractivity contribution in [2.45, 2.75) is 43.4 Å². The van der Waals surface area contributed by atoms with Crippen LogP contribution in [-0.4, -0.2) is 37.7 Å². The molecule has 1 saturated carbocycles. The first-order valence-electron chi connectivity index (χ1n) is 10.7. The molecule has 32 heavy (non-hydrogen) atoms. The van der Waals surface area contributed by atoms with Crippen LogP contribution in [0.3, 0.4) is 0 Å². The number of carbonyl (C=O) groups excluding carboxylic acids is 1. The number of aromatic nitrogens is 5. The second-order valence-electron chi connectivity index (χ2n) is 7.94. The van der Waals surface area contributed by atoms with E-state index in [4.69, 9.17) is 9.72 Å². The third-order valence-electron chi connectivity index (χ3n) is 5.57. The summed E-state index contributed by atoms with van der Waals surface area (Å²) < 4.78 is 11.0. The van der Waals surface area contributed by atoms with Crippen molar-refractivity contribution in [2.75, 3.05) is 11.8 Å². The lowest BCUT2D eigenvalue weighted by Gasteiger charge is -2.28. The van der Waals surface area contributed by atoms with Gasteiger partial charge in [0.05, 0.1) is 23.0 Å². The average molecular weight is 454 g/mol. The number of pyridine rings is 1. The molecule has 9 nitrogen and oxygen atoms in total. The Kier molecular flexibility index (Phi) is 6.89. The maximum absolute atomic E-state index is 11.7. The van der Waals surface area contributed by atoms with Gasteiger partial charge in [-0.3, -0.25) is 14.2 Å². The van der Waals surface area contributed by atoms with Gasteiger partial charge in [0, 0.05) is 32.3 Å². The number of nitrogens with one attached hydrogen (secondary N) is 2. The second kappa shape index (κ2) is 9.99. The zero-order valence-corrected chi connectivity index (χ0v) is 19.2. The molecule has 10 heteroatoms. The summed E-state index contributed by atoms with van der Waals surface area (Å²) in [7, 11) is 3.45. The van der Waals surface area contributed by atoms with Crippen molar-refractivity contribution in [3.63, 3.8) is 0 Å². The topological polar surface area (TPSA) is 107 Å². The minimum Gasteiger partial charge on any atom is -0.437 e.